The molecular formula is C13H14N2O5S. The van der Waals surface area contributed by atoms with Gasteiger partial charge in [0.2, 0.25) is 0 Å². The quantitative estimate of drug-likeness (QED) is 0.485. The largest absolute Gasteiger partial charge is 0.478 e. The van der Waals surface area contributed by atoms with E-state index in [0.717, 1.165) is 0 Å². The third kappa shape index (κ3) is 5.51. The SMILES string of the molecule is Nc1ccc(C(=O)O)cc1.Nc1ccc(S(=O)(=O)O)cc1. The van der Waals surface area contributed by atoms with Crippen LogP contribution in [0.4, 0.5) is 11.4 Å². The third-order valence-corrected chi connectivity index (χ3v) is 3.20. The van der Waals surface area contributed by atoms with Gasteiger partial charge in [-0.25, -0.2) is 4.79 Å². The fourth-order valence-corrected chi connectivity index (χ4v) is 1.75. The summed E-state index contributed by atoms with van der Waals surface area (Å²) in [6.45, 7) is 0. The van der Waals surface area contributed by atoms with Gasteiger partial charge in [-0.05, 0) is 48.5 Å². The molecule has 112 valence electrons. The third-order valence-electron chi connectivity index (χ3n) is 2.34. The first-order valence-corrected chi connectivity index (χ1v) is 7.06. The highest BCUT2D eigenvalue weighted by atomic mass is 32.2. The van der Waals surface area contributed by atoms with Crippen molar-refractivity contribution in [1.29, 1.82) is 0 Å². The molecule has 8 heteroatoms. The predicted octanol–water partition coefficient (Wildman–Crippen LogP) is 1.48. The summed E-state index contributed by atoms with van der Waals surface area (Å²) in [5.41, 5.74) is 11.9. The molecule has 2 rings (SSSR count). The minimum Gasteiger partial charge on any atom is -0.478 e. The molecule has 21 heavy (non-hydrogen) atoms. The van der Waals surface area contributed by atoms with Crippen LogP contribution in [0.15, 0.2) is 53.4 Å². The zero-order valence-electron chi connectivity index (χ0n) is 10.8. The highest BCUT2D eigenvalue weighted by Crippen LogP contribution is 2.10. The summed E-state index contributed by atoms with van der Waals surface area (Å²) in [7, 11) is -4.08. The number of benzene rings is 2. The molecule has 0 unspecified atom stereocenters. The lowest BCUT2D eigenvalue weighted by atomic mass is 10.2. The van der Waals surface area contributed by atoms with Crippen LogP contribution in [0, 0.1) is 0 Å². The molecule has 0 aliphatic heterocycles. The molecule has 0 amide bonds. The molecule has 0 heterocycles. The first-order valence-electron chi connectivity index (χ1n) is 5.62. The Morgan fingerprint density at radius 3 is 1.57 bits per heavy atom. The maximum Gasteiger partial charge on any atom is 0.335 e. The first kappa shape index (κ1) is 16.5. The normalized spacial score (nSPS) is 10.3. The lowest BCUT2D eigenvalue weighted by molar-refractivity contribution is 0.0697. The molecule has 0 atom stereocenters. The molecule has 0 radical (unpaired) electrons. The Labute approximate surface area is 121 Å². The first-order chi connectivity index (χ1) is 9.70. The minimum atomic E-state index is -4.08. The van der Waals surface area contributed by atoms with Gasteiger partial charge < -0.3 is 16.6 Å². The Morgan fingerprint density at radius 2 is 1.24 bits per heavy atom. The summed E-state index contributed by atoms with van der Waals surface area (Å²) < 4.78 is 29.4. The number of nitrogens with two attached hydrogens (primary N) is 2. The topological polar surface area (TPSA) is 144 Å². The van der Waals surface area contributed by atoms with Gasteiger partial charge in [-0.1, -0.05) is 0 Å². The molecule has 0 bridgehead atoms. The molecule has 6 N–H and O–H groups in total. The average Bonchev–Trinajstić information content (AvgIpc) is 2.39. The Morgan fingerprint density at radius 1 is 0.857 bits per heavy atom. The van der Waals surface area contributed by atoms with Gasteiger partial charge in [-0.3, -0.25) is 4.55 Å². The van der Waals surface area contributed by atoms with Crippen molar-refractivity contribution < 1.29 is 22.9 Å². The van der Waals surface area contributed by atoms with Crippen LogP contribution in [0.3, 0.4) is 0 Å². The van der Waals surface area contributed by atoms with Crippen LogP contribution < -0.4 is 11.5 Å². The van der Waals surface area contributed by atoms with E-state index in [4.69, 9.17) is 21.1 Å². The number of hydrogen-bond acceptors (Lipinski definition) is 5. The fraction of sp³-hybridized carbons (Fsp3) is 0. The number of carboxylic acids is 1. The second-order valence-electron chi connectivity index (χ2n) is 3.97. The van der Waals surface area contributed by atoms with Crippen molar-refractivity contribution in [2.75, 3.05) is 11.5 Å². The molecule has 0 aliphatic carbocycles. The van der Waals surface area contributed by atoms with Gasteiger partial charge in [-0.15, -0.1) is 0 Å². The van der Waals surface area contributed by atoms with Gasteiger partial charge in [0.25, 0.3) is 10.1 Å². The maximum absolute atomic E-state index is 10.5. The highest BCUT2D eigenvalue weighted by molar-refractivity contribution is 7.85. The summed E-state index contributed by atoms with van der Waals surface area (Å²) in [5.74, 6) is -0.931. The lowest BCUT2D eigenvalue weighted by Crippen LogP contribution is -1.97. The van der Waals surface area contributed by atoms with E-state index in [1.807, 2.05) is 0 Å². The van der Waals surface area contributed by atoms with E-state index in [1.165, 1.54) is 36.4 Å². The lowest BCUT2D eigenvalue weighted by Gasteiger charge is -1.95. The number of anilines is 2. The summed E-state index contributed by atoms with van der Waals surface area (Å²) in [4.78, 5) is 10.1. The molecule has 0 spiro atoms. The van der Waals surface area contributed by atoms with E-state index in [-0.39, 0.29) is 10.5 Å². The minimum absolute atomic E-state index is 0.147. The van der Waals surface area contributed by atoms with Gasteiger partial charge >= 0.3 is 5.97 Å². The van der Waals surface area contributed by atoms with Crippen molar-refractivity contribution in [2.45, 2.75) is 4.90 Å². The van der Waals surface area contributed by atoms with Crippen LogP contribution in [-0.4, -0.2) is 24.0 Å². The molecule has 2 aromatic rings. The average molecular weight is 310 g/mol. The summed E-state index contributed by atoms with van der Waals surface area (Å²) in [6, 6.07) is 11.4. The van der Waals surface area contributed by atoms with Gasteiger partial charge in [0, 0.05) is 11.4 Å². The maximum atomic E-state index is 10.5. The predicted molar refractivity (Wildman–Crippen MR) is 78.5 cm³/mol. The van der Waals surface area contributed by atoms with E-state index >= 15 is 0 Å². The van der Waals surface area contributed by atoms with Gasteiger partial charge in [0.15, 0.2) is 0 Å². The number of carboxylic acid groups (broad SMARTS) is 1. The number of carbonyl (C=O) groups is 1. The Kier molecular flexibility index (Phi) is 5.28. The summed E-state index contributed by atoms with van der Waals surface area (Å²) >= 11 is 0. The Bertz CT molecular complexity index is 709. The smallest absolute Gasteiger partial charge is 0.335 e. The van der Waals surface area contributed by atoms with Crippen LogP contribution in [0.1, 0.15) is 10.4 Å². The number of aromatic carboxylic acids is 1. The van der Waals surface area contributed by atoms with Crippen molar-refractivity contribution in [2.24, 2.45) is 0 Å². The monoisotopic (exact) mass is 310 g/mol. The van der Waals surface area contributed by atoms with Gasteiger partial charge in [0.1, 0.15) is 0 Å². The highest BCUT2D eigenvalue weighted by Gasteiger charge is 2.06. The fourth-order valence-electron chi connectivity index (χ4n) is 1.27. The van der Waals surface area contributed by atoms with Crippen molar-refractivity contribution in [3.05, 3.63) is 54.1 Å². The standard InChI is InChI=1S/C7H7NO2.C6H7NO3S/c8-6-3-1-5(2-4-6)7(9)10;7-5-1-3-6(4-2-5)11(8,9)10/h1-4H,8H2,(H,9,10);1-4H,7H2,(H,8,9,10). The molecular weight excluding hydrogens is 296 g/mol. The van der Waals surface area contributed by atoms with Crippen LogP contribution in [0.2, 0.25) is 0 Å². The van der Waals surface area contributed by atoms with Crippen LogP contribution >= 0.6 is 0 Å². The van der Waals surface area contributed by atoms with Gasteiger partial charge in [-0.2, -0.15) is 8.42 Å². The van der Waals surface area contributed by atoms with E-state index in [0.29, 0.717) is 11.4 Å². The van der Waals surface area contributed by atoms with Crippen molar-refractivity contribution in [3.8, 4) is 0 Å². The molecule has 2 aromatic carbocycles. The van der Waals surface area contributed by atoms with E-state index in [1.54, 1.807) is 12.1 Å². The van der Waals surface area contributed by atoms with Crippen molar-refractivity contribution >= 4 is 27.5 Å². The Hall–Kier alpha value is -2.58. The second kappa shape index (κ2) is 6.73. The number of rotatable bonds is 2. The Balaban J connectivity index is 0.000000211. The zero-order chi connectivity index (χ0) is 16.0. The molecule has 0 saturated heterocycles. The molecule has 0 fully saturated rings. The number of nitrogen functional groups attached to an aromatic ring is 2. The summed E-state index contributed by atoms with van der Waals surface area (Å²) in [6.07, 6.45) is 0. The number of hydrogen-bond donors (Lipinski definition) is 4. The zero-order valence-corrected chi connectivity index (χ0v) is 11.6. The van der Waals surface area contributed by atoms with Crippen LogP contribution in [0.25, 0.3) is 0 Å². The van der Waals surface area contributed by atoms with Crippen LogP contribution in [-0.2, 0) is 10.1 Å². The van der Waals surface area contributed by atoms with E-state index in [2.05, 4.69) is 0 Å². The van der Waals surface area contributed by atoms with Crippen molar-refractivity contribution in [1.82, 2.24) is 0 Å². The van der Waals surface area contributed by atoms with E-state index < -0.39 is 16.1 Å². The second-order valence-corrected chi connectivity index (χ2v) is 5.39. The van der Waals surface area contributed by atoms with Crippen molar-refractivity contribution in [3.63, 3.8) is 0 Å². The molecule has 0 saturated carbocycles. The molecule has 7 nitrogen and oxygen atoms in total. The van der Waals surface area contributed by atoms with Gasteiger partial charge in [0.05, 0.1) is 10.5 Å². The molecule has 0 aliphatic rings. The molecule has 0 aromatic heterocycles. The van der Waals surface area contributed by atoms with E-state index in [9.17, 15) is 13.2 Å². The van der Waals surface area contributed by atoms with Crippen LogP contribution in [0.5, 0.6) is 0 Å². The summed E-state index contributed by atoms with van der Waals surface area (Å²) in [5, 5.41) is 8.43.